The van der Waals surface area contributed by atoms with Crippen molar-refractivity contribution in [1.82, 2.24) is 10.3 Å². The smallest absolute Gasteiger partial charge is 0.272 e. The van der Waals surface area contributed by atoms with Crippen molar-refractivity contribution in [2.45, 2.75) is 11.8 Å². The van der Waals surface area contributed by atoms with Gasteiger partial charge in [0.1, 0.15) is 11.4 Å². The third-order valence-electron chi connectivity index (χ3n) is 6.51. The molecule has 5 aromatic rings. The lowest BCUT2D eigenvalue weighted by Gasteiger charge is -2.12. The van der Waals surface area contributed by atoms with E-state index in [2.05, 4.69) is 20.9 Å². The SMILES string of the molecule is COc1cccc(/C=C(\NC(=O)c2ccccc2)C(=O)Nc2ccc(SCC(=O)Nc3nc(-c4ccc(C)cc4)cs3)cc2)c1. The van der Waals surface area contributed by atoms with E-state index in [0.717, 1.165) is 16.2 Å². The van der Waals surface area contributed by atoms with Gasteiger partial charge in [0.15, 0.2) is 5.13 Å². The average molecular weight is 635 g/mol. The molecule has 0 unspecified atom stereocenters. The first-order chi connectivity index (χ1) is 21.9. The first kappa shape index (κ1) is 31.2. The zero-order valence-electron chi connectivity index (χ0n) is 24.6. The van der Waals surface area contributed by atoms with Crippen LogP contribution >= 0.6 is 23.1 Å². The van der Waals surface area contributed by atoms with Gasteiger partial charge in [-0.25, -0.2) is 4.98 Å². The average Bonchev–Trinajstić information content (AvgIpc) is 3.53. The van der Waals surface area contributed by atoms with Crippen LogP contribution in [-0.2, 0) is 9.59 Å². The number of ether oxygens (including phenoxy) is 1. The Morgan fingerprint density at radius 1 is 0.889 bits per heavy atom. The lowest BCUT2D eigenvalue weighted by atomic mass is 10.1. The van der Waals surface area contributed by atoms with Crippen LogP contribution in [0.2, 0.25) is 0 Å². The highest BCUT2D eigenvalue weighted by atomic mass is 32.2. The van der Waals surface area contributed by atoms with Crippen LogP contribution in [-0.4, -0.2) is 35.6 Å². The molecule has 0 aliphatic carbocycles. The number of benzene rings is 4. The number of aromatic nitrogens is 1. The number of nitrogens with one attached hydrogen (secondary N) is 3. The largest absolute Gasteiger partial charge is 0.497 e. The van der Waals surface area contributed by atoms with E-state index >= 15 is 0 Å². The molecule has 0 radical (unpaired) electrons. The second-order valence-corrected chi connectivity index (χ2v) is 11.8. The zero-order chi connectivity index (χ0) is 31.6. The number of amides is 3. The second-order valence-electron chi connectivity index (χ2n) is 9.87. The van der Waals surface area contributed by atoms with Crippen LogP contribution in [0.4, 0.5) is 10.8 Å². The maximum Gasteiger partial charge on any atom is 0.272 e. The first-order valence-electron chi connectivity index (χ1n) is 13.9. The molecule has 3 N–H and O–H groups in total. The standard InChI is InChI=1S/C35H30N4O4S2/c1-23-11-13-25(14-12-23)31-21-45-35(38-31)39-32(40)22-44-29-17-15-27(16-18-29)36-34(42)30(20-24-7-6-10-28(19-24)43-2)37-33(41)26-8-4-3-5-9-26/h3-21H,22H2,1-2H3,(H,36,42)(H,37,41)(H,38,39,40)/b30-20-. The molecular formula is C35H30N4O4S2. The van der Waals surface area contributed by atoms with Crippen molar-refractivity contribution in [3.8, 4) is 17.0 Å². The fourth-order valence-corrected chi connectivity index (χ4v) is 5.60. The lowest BCUT2D eigenvalue weighted by molar-refractivity contribution is -0.114. The van der Waals surface area contributed by atoms with E-state index in [4.69, 9.17) is 4.74 Å². The summed E-state index contributed by atoms with van der Waals surface area (Å²) in [5.74, 6) is -0.240. The van der Waals surface area contributed by atoms with Crippen molar-refractivity contribution in [3.63, 3.8) is 0 Å². The van der Waals surface area contributed by atoms with Crippen LogP contribution in [0.25, 0.3) is 17.3 Å². The number of thiazole rings is 1. The summed E-state index contributed by atoms with van der Waals surface area (Å²) < 4.78 is 5.29. The normalized spacial score (nSPS) is 11.0. The van der Waals surface area contributed by atoms with Gasteiger partial charge in [0, 0.05) is 27.1 Å². The topological polar surface area (TPSA) is 109 Å². The number of hydrogen-bond donors (Lipinski definition) is 3. The van der Waals surface area contributed by atoms with Gasteiger partial charge < -0.3 is 20.7 Å². The Kier molecular flexibility index (Phi) is 10.4. The highest BCUT2D eigenvalue weighted by Crippen LogP contribution is 2.26. The predicted molar refractivity (Wildman–Crippen MR) is 182 cm³/mol. The van der Waals surface area contributed by atoms with Gasteiger partial charge in [-0.05, 0) is 67.1 Å². The number of hydrogen-bond acceptors (Lipinski definition) is 7. The van der Waals surface area contributed by atoms with Crippen molar-refractivity contribution in [2.24, 2.45) is 0 Å². The van der Waals surface area contributed by atoms with Crippen LogP contribution in [0, 0.1) is 6.92 Å². The molecule has 0 atom stereocenters. The summed E-state index contributed by atoms with van der Waals surface area (Å²) in [5, 5.41) is 10.9. The zero-order valence-corrected chi connectivity index (χ0v) is 26.2. The number of carbonyl (C=O) groups excluding carboxylic acids is 3. The summed E-state index contributed by atoms with van der Waals surface area (Å²) in [6.07, 6.45) is 1.59. The van der Waals surface area contributed by atoms with Crippen LogP contribution in [0.15, 0.2) is 119 Å². The van der Waals surface area contributed by atoms with Crippen LogP contribution in [0.5, 0.6) is 5.75 Å². The number of anilines is 2. The number of rotatable bonds is 11. The molecule has 4 aromatic carbocycles. The first-order valence-corrected chi connectivity index (χ1v) is 15.8. The maximum atomic E-state index is 13.3. The van der Waals surface area contributed by atoms with Crippen LogP contribution < -0.4 is 20.7 Å². The molecule has 0 spiro atoms. The second kappa shape index (κ2) is 15.0. The summed E-state index contributed by atoms with van der Waals surface area (Å²) in [6, 6.07) is 31.1. The van der Waals surface area contributed by atoms with Gasteiger partial charge in [-0.1, -0.05) is 60.2 Å². The van der Waals surface area contributed by atoms with Gasteiger partial charge in [-0.2, -0.15) is 0 Å². The Labute approximate surface area is 269 Å². The van der Waals surface area contributed by atoms with E-state index < -0.39 is 11.8 Å². The molecule has 0 aliphatic heterocycles. The molecule has 1 aromatic heterocycles. The van der Waals surface area contributed by atoms with E-state index in [1.807, 2.05) is 60.8 Å². The maximum absolute atomic E-state index is 13.3. The highest BCUT2D eigenvalue weighted by molar-refractivity contribution is 8.00. The van der Waals surface area contributed by atoms with Crippen LogP contribution in [0.1, 0.15) is 21.5 Å². The van der Waals surface area contributed by atoms with Gasteiger partial charge >= 0.3 is 0 Å². The van der Waals surface area contributed by atoms with Crippen molar-refractivity contribution >= 4 is 57.7 Å². The molecule has 45 heavy (non-hydrogen) atoms. The Morgan fingerprint density at radius 2 is 1.64 bits per heavy atom. The Bertz CT molecular complexity index is 1820. The minimum absolute atomic E-state index is 0.0694. The number of thioether (sulfide) groups is 1. The number of nitrogens with zero attached hydrogens (tertiary/aromatic N) is 1. The summed E-state index contributed by atoms with van der Waals surface area (Å²) in [7, 11) is 1.56. The fraction of sp³-hybridized carbons (Fsp3) is 0.0857. The molecule has 1 heterocycles. The quantitative estimate of drug-likeness (QED) is 0.104. The van der Waals surface area contributed by atoms with Crippen molar-refractivity contribution < 1.29 is 19.1 Å². The summed E-state index contributed by atoms with van der Waals surface area (Å²) >= 11 is 2.75. The third-order valence-corrected chi connectivity index (χ3v) is 8.28. The van der Waals surface area contributed by atoms with E-state index in [0.29, 0.717) is 27.7 Å². The predicted octanol–water partition coefficient (Wildman–Crippen LogP) is 7.27. The molecule has 10 heteroatoms. The van der Waals surface area contributed by atoms with Crippen molar-refractivity contribution in [2.75, 3.05) is 23.5 Å². The van der Waals surface area contributed by atoms with E-state index in [-0.39, 0.29) is 17.4 Å². The Balaban J connectivity index is 1.19. The van der Waals surface area contributed by atoms with Gasteiger partial charge in [-0.15, -0.1) is 23.1 Å². The summed E-state index contributed by atoms with van der Waals surface area (Å²) in [5.41, 5.74) is 4.71. The molecular weight excluding hydrogens is 605 g/mol. The minimum Gasteiger partial charge on any atom is -0.497 e. The molecule has 0 saturated heterocycles. The molecule has 0 fully saturated rings. The van der Waals surface area contributed by atoms with Gasteiger partial charge in [0.05, 0.1) is 18.6 Å². The molecule has 0 aliphatic rings. The minimum atomic E-state index is -0.490. The van der Waals surface area contributed by atoms with Gasteiger partial charge in [-0.3, -0.25) is 14.4 Å². The Morgan fingerprint density at radius 3 is 2.38 bits per heavy atom. The van der Waals surface area contributed by atoms with Gasteiger partial charge in [0.2, 0.25) is 5.91 Å². The molecule has 8 nitrogen and oxygen atoms in total. The molecule has 0 bridgehead atoms. The molecule has 5 rings (SSSR count). The number of methoxy groups -OCH3 is 1. The van der Waals surface area contributed by atoms with Gasteiger partial charge in [0.25, 0.3) is 11.8 Å². The monoisotopic (exact) mass is 634 g/mol. The lowest BCUT2D eigenvalue weighted by Crippen LogP contribution is -2.30. The highest BCUT2D eigenvalue weighted by Gasteiger charge is 2.16. The van der Waals surface area contributed by atoms with Crippen molar-refractivity contribution in [3.05, 3.63) is 131 Å². The summed E-state index contributed by atoms with van der Waals surface area (Å²) in [6.45, 7) is 2.03. The fourth-order valence-electron chi connectivity index (χ4n) is 4.17. The summed E-state index contributed by atoms with van der Waals surface area (Å²) in [4.78, 5) is 44.2. The molecule has 0 saturated carbocycles. The Hall–Kier alpha value is -5.19. The molecule has 3 amide bonds. The van der Waals surface area contributed by atoms with E-state index in [1.54, 1.807) is 67.8 Å². The van der Waals surface area contributed by atoms with E-state index in [9.17, 15) is 14.4 Å². The van der Waals surface area contributed by atoms with E-state index in [1.165, 1.54) is 28.7 Å². The number of carbonyl (C=O) groups is 3. The third kappa shape index (κ3) is 8.91. The van der Waals surface area contributed by atoms with Crippen LogP contribution in [0.3, 0.4) is 0 Å². The number of aryl methyl sites for hydroxylation is 1. The van der Waals surface area contributed by atoms with Crippen molar-refractivity contribution in [1.29, 1.82) is 0 Å². The molecule has 226 valence electrons.